The standard InChI is InChI=1S/C16H19N3O/c1-13-9-10-17-19(13)15-7-5-14(6-8-15)16(20)18-11-3-2-4-12-18/h5-10H,2-4,11-12H2,1H3. The van der Waals surface area contributed by atoms with E-state index in [-0.39, 0.29) is 5.91 Å². The van der Waals surface area contributed by atoms with Gasteiger partial charge in [-0.05, 0) is 56.5 Å². The van der Waals surface area contributed by atoms with E-state index in [4.69, 9.17) is 0 Å². The maximum absolute atomic E-state index is 12.4. The van der Waals surface area contributed by atoms with E-state index >= 15 is 0 Å². The third kappa shape index (κ3) is 2.46. The largest absolute Gasteiger partial charge is 0.339 e. The molecule has 4 heteroatoms. The fraction of sp³-hybridized carbons (Fsp3) is 0.375. The zero-order chi connectivity index (χ0) is 13.9. The monoisotopic (exact) mass is 269 g/mol. The van der Waals surface area contributed by atoms with Crippen molar-refractivity contribution in [3.8, 4) is 5.69 Å². The Balaban J connectivity index is 1.79. The minimum Gasteiger partial charge on any atom is -0.339 e. The van der Waals surface area contributed by atoms with Gasteiger partial charge in [0.15, 0.2) is 0 Å². The predicted molar refractivity (Wildman–Crippen MR) is 78.1 cm³/mol. The van der Waals surface area contributed by atoms with Crippen molar-refractivity contribution < 1.29 is 4.79 Å². The normalized spacial score (nSPS) is 15.3. The first kappa shape index (κ1) is 12.9. The van der Waals surface area contributed by atoms with Crippen molar-refractivity contribution in [1.29, 1.82) is 0 Å². The van der Waals surface area contributed by atoms with Crippen molar-refractivity contribution in [2.45, 2.75) is 26.2 Å². The van der Waals surface area contributed by atoms with E-state index in [1.165, 1.54) is 6.42 Å². The van der Waals surface area contributed by atoms with E-state index < -0.39 is 0 Å². The van der Waals surface area contributed by atoms with Crippen molar-refractivity contribution in [3.63, 3.8) is 0 Å². The van der Waals surface area contributed by atoms with E-state index in [0.29, 0.717) is 0 Å². The minimum absolute atomic E-state index is 0.147. The quantitative estimate of drug-likeness (QED) is 0.840. The van der Waals surface area contributed by atoms with Gasteiger partial charge in [-0.25, -0.2) is 4.68 Å². The lowest BCUT2D eigenvalue weighted by Crippen LogP contribution is -2.35. The molecular formula is C16H19N3O. The molecule has 1 aliphatic rings. The van der Waals surface area contributed by atoms with Gasteiger partial charge in [0.1, 0.15) is 0 Å². The summed E-state index contributed by atoms with van der Waals surface area (Å²) in [5.41, 5.74) is 2.84. The molecule has 1 saturated heterocycles. The van der Waals surface area contributed by atoms with Gasteiger partial charge in [0, 0.05) is 30.5 Å². The van der Waals surface area contributed by atoms with E-state index in [9.17, 15) is 4.79 Å². The van der Waals surface area contributed by atoms with E-state index in [1.807, 2.05) is 46.8 Å². The first-order valence-electron chi connectivity index (χ1n) is 7.16. The third-order valence-electron chi connectivity index (χ3n) is 3.83. The number of likely N-dealkylation sites (tertiary alicyclic amines) is 1. The van der Waals surface area contributed by atoms with Crippen LogP contribution in [0.3, 0.4) is 0 Å². The Hall–Kier alpha value is -2.10. The molecule has 2 aromatic rings. The molecule has 20 heavy (non-hydrogen) atoms. The summed E-state index contributed by atoms with van der Waals surface area (Å²) in [6, 6.07) is 9.67. The van der Waals surface area contributed by atoms with Crippen LogP contribution in [0.5, 0.6) is 0 Å². The highest BCUT2D eigenvalue weighted by atomic mass is 16.2. The smallest absolute Gasteiger partial charge is 0.253 e. The van der Waals surface area contributed by atoms with Gasteiger partial charge in [0.2, 0.25) is 0 Å². The van der Waals surface area contributed by atoms with Crippen LogP contribution >= 0.6 is 0 Å². The molecule has 3 rings (SSSR count). The number of hydrogen-bond acceptors (Lipinski definition) is 2. The number of amides is 1. The van der Waals surface area contributed by atoms with Gasteiger partial charge in [0.25, 0.3) is 5.91 Å². The number of carbonyl (C=O) groups is 1. The summed E-state index contributed by atoms with van der Waals surface area (Å²) in [7, 11) is 0. The Morgan fingerprint density at radius 3 is 2.35 bits per heavy atom. The fourth-order valence-electron chi connectivity index (χ4n) is 2.66. The first-order valence-corrected chi connectivity index (χ1v) is 7.16. The summed E-state index contributed by atoms with van der Waals surface area (Å²) in [6.07, 6.45) is 5.26. The molecule has 1 aromatic heterocycles. The Morgan fingerprint density at radius 2 is 1.75 bits per heavy atom. The topological polar surface area (TPSA) is 38.1 Å². The molecule has 1 aliphatic heterocycles. The van der Waals surface area contributed by atoms with Gasteiger partial charge in [-0.3, -0.25) is 4.79 Å². The number of piperidine rings is 1. The molecule has 1 aromatic carbocycles. The van der Waals surface area contributed by atoms with Crippen LogP contribution in [0.15, 0.2) is 36.5 Å². The van der Waals surface area contributed by atoms with Gasteiger partial charge in [-0.1, -0.05) is 0 Å². The molecule has 0 saturated carbocycles. The average Bonchev–Trinajstić information content (AvgIpc) is 2.94. The van der Waals surface area contributed by atoms with Crippen LogP contribution < -0.4 is 0 Å². The Bertz CT molecular complexity index is 594. The SMILES string of the molecule is Cc1ccnn1-c1ccc(C(=O)N2CCCCC2)cc1. The summed E-state index contributed by atoms with van der Waals surface area (Å²) in [5, 5.41) is 4.27. The Labute approximate surface area is 119 Å². The first-order chi connectivity index (χ1) is 9.75. The predicted octanol–water partition coefficient (Wildman–Crippen LogP) is 2.81. The van der Waals surface area contributed by atoms with Crippen molar-refractivity contribution >= 4 is 5.91 Å². The highest BCUT2D eigenvalue weighted by Gasteiger charge is 2.17. The highest BCUT2D eigenvalue weighted by Crippen LogP contribution is 2.15. The fourth-order valence-corrected chi connectivity index (χ4v) is 2.66. The molecule has 0 spiro atoms. The van der Waals surface area contributed by atoms with E-state index in [0.717, 1.165) is 42.9 Å². The molecular weight excluding hydrogens is 250 g/mol. The van der Waals surface area contributed by atoms with Crippen LogP contribution in [0.2, 0.25) is 0 Å². The number of carbonyl (C=O) groups excluding carboxylic acids is 1. The summed E-state index contributed by atoms with van der Waals surface area (Å²) in [4.78, 5) is 14.3. The Morgan fingerprint density at radius 1 is 1.05 bits per heavy atom. The minimum atomic E-state index is 0.147. The molecule has 2 heterocycles. The second-order valence-corrected chi connectivity index (χ2v) is 5.28. The lowest BCUT2D eigenvalue weighted by atomic mass is 10.1. The van der Waals surface area contributed by atoms with Crippen LogP contribution in [0.4, 0.5) is 0 Å². The van der Waals surface area contributed by atoms with Gasteiger partial charge in [-0.2, -0.15) is 5.10 Å². The summed E-state index contributed by atoms with van der Waals surface area (Å²) >= 11 is 0. The van der Waals surface area contributed by atoms with E-state index in [1.54, 1.807) is 6.20 Å². The number of aryl methyl sites for hydroxylation is 1. The maximum Gasteiger partial charge on any atom is 0.253 e. The van der Waals surface area contributed by atoms with Crippen molar-refractivity contribution in [2.24, 2.45) is 0 Å². The molecule has 0 N–H and O–H groups in total. The molecule has 104 valence electrons. The van der Waals surface area contributed by atoms with E-state index in [2.05, 4.69) is 5.10 Å². The maximum atomic E-state index is 12.4. The second-order valence-electron chi connectivity index (χ2n) is 5.28. The molecule has 0 unspecified atom stereocenters. The van der Waals surface area contributed by atoms with Crippen LogP contribution in [0, 0.1) is 6.92 Å². The Kier molecular flexibility index (Phi) is 3.54. The molecule has 1 amide bonds. The lowest BCUT2D eigenvalue weighted by Gasteiger charge is -2.26. The van der Waals surface area contributed by atoms with Crippen LogP contribution in [0.25, 0.3) is 5.69 Å². The number of aromatic nitrogens is 2. The number of rotatable bonds is 2. The van der Waals surface area contributed by atoms with Gasteiger partial charge >= 0.3 is 0 Å². The van der Waals surface area contributed by atoms with Crippen LogP contribution in [-0.2, 0) is 0 Å². The zero-order valence-corrected chi connectivity index (χ0v) is 11.7. The summed E-state index contributed by atoms with van der Waals surface area (Å²) in [5.74, 6) is 0.147. The summed E-state index contributed by atoms with van der Waals surface area (Å²) < 4.78 is 1.87. The van der Waals surface area contributed by atoms with Crippen LogP contribution in [-0.4, -0.2) is 33.7 Å². The molecule has 1 fully saturated rings. The number of nitrogens with zero attached hydrogens (tertiary/aromatic N) is 3. The molecule has 0 aliphatic carbocycles. The second kappa shape index (κ2) is 5.49. The van der Waals surface area contributed by atoms with Gasteiger partial charge in [0.05, 0.1) is 5.69 Å². The molecule has 0 atom stereocenters. The molecule has 0 bridgehead atoms. The van der Waals surface area contributed by atoms with Gasteiger partial charge < -0.3 is 4.90 Å². The number of hydrogen-bond donors (Lipinski definition) is 0. The zero-order valence-electron chi connectivity index (χ0n) is 11.7. The van der Waals surface area contributed by atoms with Crippen molar-refractivity contribution in [1.82, 2.24) is 14.7 Å². The van der Waals surface area contributed by atoms with Crippen LogP contribution in [0.1, 0.15) is 35.3 Å². The summed E-state index contributed by atoms with van der Waals surface area (Å²) in [6.45, 7) is 3.79. The lowest BCUT2D eigenvalue weighted by molar-refractivity contribution is 0.0724. The average molecular weight is 269 g/mol. The van der Waals surface area contributed by atoms with Crippen molar-refractivity contribution in [2.75, 3.05) is 13.1 Å². The molecule has 4 nitrogen and oxygen atoms in total. The third-order valence-corrected chi connectivity index (χ3v) is 3.83. The van der Waals surface area contributed by atoms with Crippen molar-refractivity contribution in [3.05, 3.63) is 47.8 Å². The highest BCUT2D eigenvalue weighted by molar-refractivity contribution is 5.94. The number of benzene rings is 1. The molecule has 0 radical (unpaired) electrons. The van der Waals surface area contributed by atoms with Gasteiger partial charge in [-0.15, -0.1) is 0 Å².